The molecule has 0 spiro atoms. The van der Waals surface area contributed by atoms with E-state index >= 15 is 0 Å². The number of rotatable bonds is 8. The van der Waals surface area contributed by atoms with Crippen LogP contribution in [0.5, 0.6) is 11.5 Å². The fourth-order valence-electron chi connectivity index (χ4n) is 1.56. The Bertz CT molecular complexity index is 433. The number of carbonyl (C=O) groups is 1. The van der Waals surface area contributed by atoms with Gasteiger partial charge in [-0.15, -0.1) is 0 Å². The van der Waals surface area contributed by atoms with Crippen molar-refractivity contribution in [1.82, 2.24) is 0 Å². The molecule has 0 aliphatic heterocycles. The van der Waals surface area contributed by atoms with Crippen molar-refractivity contribution in [3.63, 3.8) is 0 Å². The van der Waals surface area contributed by atoms with E-state index in [1.165, 1.54) is 19.2 Å². The van der Waals surface area contributed by atoms with Crippen molar-refractivity contribution < 1.29 is 24.1 Å². The number of carboxylic acid groups (broad SMARTS) is 1. The number of nitrogen functional groups attached to an aromatic ring is 1. The van der Waals surface area contributed by atoms with Crippen LogP contribution in [0.2, 0.25) is 0 Å². The molecule has 0 saturated carbocycles. The highest BCUT2D eigenvalue weighted by atomic mass is 16.5. The summed E-state index contributed by atoms with van der Waals surface area (Å²) in [6, 6.07) is 2.83. The second-order valence-corrected chi connectivity index (χ2v) is 3.94. The molecule has 1 aromatic rings. The largest absolute Gasteiger partial charge is 0.493 e. The molecule has 6 heteroatoms. The molecule has 0 heterocycles. The Kier molecular flexibility index (Phi) is 5.95. The van der Waals surface area contributed by atoms with Gasteiger partial charge >= 0.3 is 5.97 Å². The van der Waals surface area contributed by atoms with Gasteiger partial charge in [-0.2, -0.15) is 0 Å². The Morgan fingerprint density at radius 2 is 1.89 bits per heavy atom. The van der Waals surface area contributed by atoms with Crippen molar-refractivity contribution >= 4 is 11.7 Å². The molecular weight excluding hydrogens is 250 g/mol. The number of aromatic carboxylic acids is 1. The Morgan fingerprint density at radius 1 is 1.21 bits per heavy atom. The lowest BCUT2D eigenvalue weighted by Crippen LogP contribution is -2.06. The van der Waals surface area contributed by atoms with Gasteiger partial charge in [0.15, 0.2) is 11.5 Å². The summed E-state index contributed by atoms with van der Waals surface area (Å²) in [6.45, 7) is 1.13. The number of hydrogen-bond acceptors (Lipinski definition) is 5. The average molecular weight is 269 g/mol. The van der Waals surface area contributed by atoms with Crippen molar-refractivity contribution in [2.75, 3.05) is 33.2 Å². The van der Waals surface area contributed by atoms with Crippen LogP contribution < -0.4 is 15.2 Å². The van der Waals surface area contributed by atoms with Gasteiger partial charge < -0.3 is 25.1 Å². The van der Waals surface area contributed by atoms with Gasteiger partial charge in [0.1, 0.15) is 0 Å². The third kappa shape index (κ3) is 4.33. The van der Waals surface area contributed by atoms with E-state index in [9.17, 15) is 4.79 Å². The lowest BCUT2D eigenvalue weighted by Gasteiger charge is -2.12. The molecule has 6 nitrogen and oxygen atoms in total. The van der Waals surface area contributed by atoms with E-state index < -0.39 is 5.97 Å². The average Bonchev–Trinajstić information content (AvgIpc) is 2.39. The van der Waals surface area contributed by atoms with E-state index in [2.05, 4.69) is 0 Å². The summed E-state index contributed by atoms with van der Waals surface area (Å²) in [5, 5.41) is 9.00. The number of carboxylic acids is 1. The van der Waals surface area contributed by atoms with Crippen LogP contribution in [0.4, 0.5) is 5.69 Å². The van der Waals surface area contributed by atoms with E-state index in [1.54, 1.807) is 7.11 Å². The first kappa shape index (κ1) is 15.1. The van der Waals surface area contributed by atoms with E-state index in [0.29, 0.717) is 24.7 Å². The first-order chi connectivity index (χ1) is 9.10. The lowest BCUT2D eigenvalue weighted by atomic mass is 10.1. The second-order valence-electron chi connectivity index (χ2n) is 3.94. The molecule has 1 rings (SSSR count). The summed E-state index contributed by atoms with van der Waals surface area (Å²) in [4.78, 5) is 11.0. The Labute approximate surface area is 112 Å². The summed E-state index contributed by atoms with van der Waals surface area (Å²) in [7, 11) is 3.12. The molecule has 0 radical (unpaired) electrons. The molecule has 0 saturated heterocycles. The predicted octanol–water partition coefficient (Wildman–Crippen LogP) is 1.78. The predicted molar refractivity (Wildman–Crippen MR) is 71.0 cm³/mol. The maximum absolute atomic E-state index is 11.0. The SMILES string of the molecule is COCCCCOc1cc(C(=O)O)c(N)cc1OC. The molecule has 1 aromatic carbocycles. The first-order valence-corrected chi connectivity index (χ1v) is 5.92. The highest BCUT2D eigenvalue weighted by molar-refractivity contribution is 5.94. The van der Waals surface area contributed by atoms with Crippen LogP contribution in [-0.2, 0) is 4.74 Å². The number of anilines is 1. The maximum Gasteiger partial charge on any atom is 0.337 e. The third-order valence-corrected chi connectivity index (χ3v) is 2.57. The zero-order chi connectivity index (χ0) is 14.3. The standard InChI is InChI=1S/C13H19NO5/c1-17-5-3-4-6-19-12-7-9(13(15)16)10(14)8-11(12)18-2/h7-8H,3-6,14H2,1-2H3,(H,15,16). The van der Waals surface area contributed by atoms with Gasteiger partial charge in [0.2, 0.25) is 0 Å². The Hall–Kier alpha value is -1.95. The molecule has 19 heavy (non-hydrogen) atoms. The molecule has 0 atom stereocenters. The molecular formula is C13H19NO5. The van der Waals surface area contributed by atoms with Crippen molar-refractivity contribution in [2.45, 2.75) is 12.8 Å². The van der Waals surface area contributed by atoms with Crippen LogP contribution >= 0.6 is 0 Å². The lowest BCUT2D eigenvalue weighted by molar-refractivity contribution is 0.0697. The highest BCUT2D eigenvalue weighted by Gasteiger charge is 2.14. The minimum Gasteiger partial charge on any atom is -0.493 e. The molecule has 106 valence electrons. The highest BCUT2D eigenvalue weighted by Crippen LogP contribution is 2.32. The number of unbranched alkanes of at least 4 members (excludes halogenated alkanes) is 1. The van der Waals surface area contributed by atoms with Gasteiger partial charge in [0, 0.05) is 25.8 Å². The molecule has 0 fully saturated rings. The number of ether oxygens (including phenoxy) is 3. The van der Waals surface area contributed by atoms with Crippen LogP contribution in [0.25, 0.3) is 0 Å². The van der Waals surface area contributed by atoms with E-state index in [0.717, 1.165) is 12.8 Å². The zero-order valence-electron chi connectivity index (χ0n) is 11.1. The van der Waals surface area contributed by atoms with Crippen LogP contribution in [0.15, 0.2) is 12.1 Å². The summed E-state index contributed by atoms with van der Waals surface area (Å²) in [5.41, 5.74) is 5.78. The summed E-state index contributed by atoms with van der Waals surface area (Å²) < 4.78 is 15.6. The normalized spacial score (nSPS) is 10.2. The van der Waals surface area contributed by atoms with E-state index in [4.69, 9.17) is 25.1 Å². The van der Waals surface area contributed by atoms with E-state index in [1.807, 2.05) is 0 Å². The Morgan fingerprint density at radius 3 is 2.47 bits per heavy atom. The third-order valence-electron chi connectivity index (χ3n) is 2.57. The monoisotopic (exact) mass is 269 g/mol. The molecule has 0 bridgehead atoms. The Balaban J connectivity index is 2.74. The molecule has 0 unspecified atom stereocenters. The fourth-order valence-corrected chi connectivity index (χ4v) is 1.56. The van der Waals surface area contributed by atoms with Gasteiger partial charge in [-0.1, -0.05) is 0 Å². The van der Waals surface area contributed by atoms with Crippen LogP contribution in [-0.4, -0.2) is 38.5 Å². The number of methoxy groups -OCH3 is 2. The fraction of sp³-hybridized carbons (Fsp3) is 0.462. The van der Waals surface area contributed by atoms with Crippen LogP contribution in [0.1, 0.15) is 23.2 Å². The smallest absolute Gasteiger partial charge is 0.337 e. The quantitative estimate of drug-likeness (QED) is 0.552. The maximum atomic E-state index is 11.0. The first-order valence-electron chi connectivity index (χ1n) is 5.92. The number of hydrogen-bond donors (Lipinski definition) is 2. The van der Waals surface area contributed by atoms with Crippen molar-refractivity contribution in [3.05, 3.63) is 17.7 Å². The van der Waals surface area contributed by atoms with Crippen LogP contribution in [0, 0.1) is 0 Å². The zero-order valence-corrected chi connectivity index (χ0v) is 11.1. The second kappa shape index (κ2) is 7.48. The molecule has 3 N–H and O–H groups in total. The van der Waals surface area contributed by atoms with E-state index in [-0.39, 0.29) is 11.3 Å². The van der Waals surface area contributed by atoms with Crippen molar-refractivity contribution in [1.29, 1.82) is 0 Å². The number of nitrogens with two attached hydrogens (primary N) is 1. The summed E-state index contributed by atoms with van der Waals surface area (Å²) in [5.74, 6) is -0.287. The van der Waals surface area contributed by atoms with Gasteiger partial charge in [-0.3, -0.25) is 0 Å². The molecule has 0 amide bonds. The van der Waals surface area contributed by atoms with Gasteiger partial charge in [0.05, 0.1) is 25.0 Å². The molecule has 0 aliphatic rings. The molecule has 0 aromatic heterocycles. The topological polar surface area (TPSA) is 91.0 Å². The summed E-state index contributed by atoms with van der Waals surface area (Å²) in [6.07, 6.45) is 1.68. The number of benzene rings is 1. The minimum atomic E-state index is -1.09. The minimum absolute atomic E-state index is 0.00712. The molecule has 0 aliphatic carbocycles. The van der Waals surface area contributed by atoms with Gasteiger partial charge in [0.25, 0.3) is 0 Å². The van der Waals surface area contributed by atoms with Crippen molar-refractivity contribution in [2.24, 2.45) is 0 Å². The summed E-state index contributed by atoms with van der Waals surface area (Å²) >= 11 is 0. The van der Waals surface area contributed by atoms with Gasteiger partial charge in [-0.25, -0.2) is 4.79 Å². The van der Waals surface area contributed by atoms with Crippen LogP contribution in [0.3, 0.4) is 0 Å². The van der Waals surface area contributed by atoms with Crippen molar-refractivity contribution in [3.8, 4) is 11.5 Å². The van der Waals surface area contributed by atoms with Gasteiger partial charge in [-0.05, 0) is 12.8 Å².